The van der Waals surface area contributed by atoms with Crippen LogP contribution in [0.15, 0.2) is 54.2 Å². The molecule has 1 aromatic carbocycles. The average Bonchev–Trinajstić information content (AvgIpc) is 2.91. The molecule has 0 radical (unpaired) electrons. The maximum atomic E-state index is 5.71. The van der Waals surface area contributed by atoms with Crippen molar-refractivity contribution in [1.82, 2.24) is 10.4 Å². The predicted octanol–water partition coefficient (Wildman–Crippen LogP) is 2.91. The zero-order valence-corrected chi connectivity index (χ0v) is 11.9. The molecule has 1 atom stereocenters. The Labute approximate surface area is 122 Å². The summed E-state index contributed by atoms with van der Waals surface area (Å²) in [4.78, 5) is 4.15. The van der Waals surface area contributed by atoms with Crippen LogP contribution >= 0.6 is 11.3 Å². The van der Waals surface area contributed by atoms with Gasteiger partial charge in [0, 0.05) is 23.1 Å². The fourth-order valence-corrected chi connectivity index (χ4v) is 3.43. The van der Waals surface area contributed by atoms with Gasteiger partial charge in [-0.05, 0) is 46.9 Å². The van der Waals surface area contributed by atoms with Crippen LogP contribution in [0.1, 0.15) is 11.1 Å². The molecule has 4 heteroatoms. The summed E-state index contributed by atoms with van der Waals surface area (Å²) in [5.41, 5.74) is 5.49. The Bertz CT molecular complexity index is 678. The highest BCUT2D eigenvalue weighted by atomic mass is 32.1. The van der Waals surface area contributed by atoms with Crippen molar-refractivity contribution < 1.29 is 0 Å². The van der Waals surface area contributed by atoms with Crippen molar-refractivity contribution in [1.29, 1.82) is 0 Å². The number of hydrogen-bond acceptors (Lipinski definition) is 4. The van der Waals surface area contributed by atoms with E-state index in [-0.39, 0.29) is 6.04 Å². The zero-order valence-electron chi connectivity index (χ0n) is 11.1. The first-order chi connectivity index (χ1) is 9.86. The highest BCUT2D eigenvalue weighted by molar-refractivity contribution is 7.17. The summed E-state index contributed by atoms with van der Waals surface area (Å²) >= 11 is 1.79. The first kappa shape index (κ1) is 13.2. The number of nitrogens with zero attached hydrogens (tertiary/aromatic N) is 1. The second-order valence-corrected chi connectivity index (χ2v) is 5.80. The summed E-state index contributed by atoms with van der Waals surface area (Å²) in [6.07, 6.45) is 5.50. The second kappa shape index (κ2) is 6.13. The molecule has 2 heterocycles. The quantitative estimate of drug-likeness (QED) is 0.559. The number of nitrogens with one attached hydrogen (secondary N) is 1. The molecule has 3 rings (SSSR count). The van der Waals surface area contributed by atoms with E-state index in [1.54, 1.807) is 17.5 Å². The van der Waals surface area contributed by atoms with Crippen molar-refractivity contribution in [3.63, 3.8) is 0 Å². The molecule has 3 N–H and O–H groups in total. The van der Waals surface area contributed by atoms with Gasteiger partial charge in [0.05, 0.1) is 0 Å². The molecule has 0 aliphatic heterocycles. The molecule has 0 saturated carbocycles. The van der Waals surface area contributed by atoms with Crippen LogP contribution in [0.4, 0.5) is 0 Å². The van der Waals surface area contributed by atoms with Crippen LogP contribution in [-0.4, -0.2) is 11.0 Å². The van der Waals surface area contributed by atoms with Gasteiger partial charge in [-0.15, -0.1) is 11.3 Å². The van der Waals surface area contributed by atoms with Gasteiger partial charge in [0.15, 0.2) is 0 Å². The van der Waals surface area contributed by atoms with Crippen LogP contribution in [0, 0.1) is 0 Å². The number of rotatable bonds is 5. The van der Waals surface area contributed by atoms with E-state index in [2.05, 4.69) is 46.1 Å². The molecule has 3 aromatic rings. The molecule has 0 aliphatic rings. The molecule has 0 fully saturated rings. The number of nitrogens with two attached hydrogens (primary N) is 1. The van der Waals surface area contributed by atoms with E-state index in [9.17, 15) is 0 Å². The second-order valence-electron chi connectivity index (χ2n) is 4.89. The molecule has 0 spiro atoms. The Hall–Kier alpha value is -1.75. The lowest BCUT2D eigenvalue weighted by Crippen LogP contribution is -2.38. The smallest absolute Gasteiger partial charge is 0.0345 e. The van der Waals surface area contributed by atoms with Crippen LogP contribution in [0.25, 0.3) is 10.1 Å². The van der Waals surface area contributed by atoms with Crippen LogP contribution in [-0.2, 0) is 12.8 Å². The highest BCUT2D eigenvalue weighted by Crippen LogP contribution is 2.26. The predicted molar refractivity (Wildman–Crippen MR) is 84.6 cm³/mol. The third kappa shape index (κ3) is 2.88. The van der Waals surface area contributed by atoms with Gasteiger partial charge in [-0.3, -0.25) is 16.3 Å². The summed E-state index contributed by atoms with van der Waals surface area (Å²) in [6, 6.07) is 12.8. The number of hydrogen-bond donors (Lipinski definition) is 2. The number of fused-ring (bicyclic) bond motifs is 1. The Kier molecular flexibility index (Phi) is 4.06. The molecule has 0 bridgehead atoms. The summed E-state index contributed by atoms with van der Waals surface area (Å²) < 4.78 is 1.33. The summed E-state index contributed by atoms with van der Waals surface area (Å²) in [5, 5.41) is 3.57. The van der Waals surface area contributed by atoms with Crippen molar-refractivity contribution in [2.45, 2.75) is 18.9 Å². The monoisotopic (exact) mass is 283 g/mol. The summed E-state index contributed by atoms with van der Waals surface area (Å²) in [7, 11) is 0. The van der Waals surface area contributed by atoms with E-state index in [1.165, 1.54) is 21.2 Å². The van der Waals surface area contributed by atoms with Crippen LogP contribution in [0.5, 0.6) is 0 Å². The van der Waals surface area contributed by atoms with Gasteiger partial charge in [0.2, 0.25) is 0 Å². The minimum absolute atomic E-state index is 0.220. The van der Waals surface area contributed by atoms with Crippen molar-refractivity contribution in [2.24, 2.45) is 5.84 Å². The van der Waals surface area contributed by atoms with Crippen LogP contribution in [0.2, 0.25) is 0 Å². The molecule has 0 saturated heterocycles. The molecule has 0 amide bonds. The minimum atomic E-state index is 0.220. The molecule has 3 nitrogen and oxygen atoms in total. The minimum Gasteiger partial charge on any atom is -0.271 e. The lowest BCUT2D eigenvalue weighted by Gasteiger charge is -2.15. The molecule has 20 heavy (non-hydrogen) atoms. The van der Waals surface area contributed by atoms with Gasteiger partial charge in [-0.1, -0.05) is 24.3 Å². The third-order valence-electron chi connectivity index (χ3n) is 3.47. The van der Waals surface area contributed by atoms with Gasteiger partial charge in [-0.25, -0.2) is 0 Å². The Morgan fingerprint density at radius 1 is 1.15 bits per heavy atom. The number of hydrazine groups is 1. The van der Waals surface area contributed by atoms with Crippen molar-refractivity contribution in [2.75, 3.05) is 0 Å². The Balaban J connectivity index is 1.78. The molecular formula is C16H17N3S. The van der Waals surface area contributed by atoms with Gasteiger partial charge >= 0.3 is 0 Å². The third-order valence-corrected chi connectivity index (χ3v) is 4.48. The number of benzene rings is 1. The maximum absolute atomic E-state index is 5.71. The first-order valence-electron chi connectivity index (χ1n) is 6.67. The summed E-state index contributed by atoms with van der Waals surface area (Å²) in [6.45, 7) is 0. The highest BCUT2D eigenvalue weighted by Gasteiger charge is 2.12. The van der Waals surface area contributed by atoms with Crippen LogP contribution in [0.3, 0.4) is 0 Å². The molecule has 102 valence electrons. The zero-order chi connectivity index (χ0) is 13.8. The topological polar surface area (TPSA) is 50.9 Å². The normalized spacial score (nSPS) is 12.7. The summed E-state index contributed by atoms with van der Waals surface area (Å²) in [5.74, 6) is 5.71. The SMILES string of the molecule is NNC(Cc1cccnc1)Cc1csc2ccccc12. The molecule has 2 aromatic heterocycles. The fraction of sp³-hybridized carbons (Fsp3) is 0.188. The van der Waals surface area contributed by atoms with Crippen molar-refractivity contribution in [3.05, 3.63) is 65.3 Å². The van der Waals surface area contributed by atoms with Crippen molar-refractivity contribution >= 4 is 21.4 Å². The molecular weight excluding hydrogens is 266 g/mol. The van der Waals surface area contributed by atoms with Gasteiger partial charge < -0.3 is 0 Å². The van der Waals surface area contributed by atoms with Gasteiger partial charge in [0.25, 0.3) is 0 Å². The van der Waals surface area contributed by atoms with E-state index < -0.39 is 0 Å². The standard InChI is InChI=1S/C16H17N3S/c17-19-14(8-12-4-3-7-18-10-12)9-13-11-20-16-6-2-1-5-15(13)16/h1-7,10-11,14,19H,8-9,17H2. The lowest BCUT2D eigenvalue weighted by atomic mass is 10.00. The van der Waals surface area contributed by atoms with E-state index in [1.807, 2.05) is 12.3 Å². The van der Waals surface area contributed by atoms with Gasteiger partial charge in [-0.2, -0.15) is 0 Å². The van der Waals surface area contributed by atoms with Crippen LogP contribution < -0.4 is 11.3 Å². The fourth-order valence-electron chi connectivity index (χ4n) is 2.45. The number of pyridine rings is 1. The molecule has 1 unspecified atom stereocenters. The number of aromatic nitrogens is 1. The maximum Gasteiger partial charge on any atom is 0.0345 e. The first-order valence-corrected chi connectivity index (χ1v) is 7.55. The average molecular weight is 283 g/mol. The van der Waals surface area contributed by atoms with Crippen molar-refractivity contribution in [3.8, 4) is 0 Å². The van der Waals surface area contributed by atoms with E-state index in [0.29, 0.717) is 0 Å². The van der Waals surface area contributed by atoms with E-state index in [0.717, 1.165) is 12.8 Å². The van der Waals surface area contributed by atoms with Gasteiger partial charge in [0.1, 0.15) is 0 Å². The number of thiophene rings is 1. The van der Waals surface area contributed by atoms with E-state index >= 15 is 0 Å². The molecule has 0 aliphatic carbocycles. The Morgan fingerprint density at radius 3 is 2.85 bits per heavy atom. The lowest BCUT2D eigenvalue weighted by molar-refractivity contribution is 0.523. The Morgan fingerprint density at radius 2 is 2.05 bits per heavy atom. The van der Waals surface area contributed by atoms with E-state index in [4.69, 9.17) is 5.84 Å². The largest absolute Gasteiger partial charge is 0.271 e.